The van der Waals surface area contributed by atoms with Crippen molar-refractivity contribution in [3.63, 3.8) is 0 Å². The number of nitrogens with zero attached hydrogens (tertiary/aromatic N) is 1. The number of rotatable bonds is 3. The molecular formula is C14H19N3O2S. The van der Waals surface area contributed by atoms with Crippen LogP contribution in [0.25, 0.3) is 0 Å². The van der Waals surface area contributed by atoms with Gasteiger partial charge in [-0.3, -0.25) is 4.90 Å². The molecule has 0 saturated carbocycles. The highest BCUT2D eigenvalue weighted by Crippen LogP contribution is 2.34. The normalized spacial score (nSPS) is 20.4. The molecular weight excluding hydrogens is 274 g/mol. The van der Waals surface area contributed by atoms with Crippen LogP contribution in [0, 0.1) is 0 Å². The molecule has 2 aliphatic heterocycles. The number of benzene rings is 1. The van der Waals surface area contributed by atoms with Crippen LogP contribution < -0.4 is 20.5 Å². The van der Waals surface area contributed by atoms with Crippen molar-refractivity contribution in [1.82, 2.24) is 10.2 Å². The Morgan fingerprint density at radius 1 is 1.20 bits per heavy atom. The van der Waals surface area contributed by atoms with E-state index < -0.39 is 0 Å². The lowest BCUT2D eigenvalue weighted by Gasteiger charge is -2.35. The fourth-order valence-corrected chi connectivity index (χ4v) is 3.01. The first-order valence-electron chi connectivity index (χ1n) is 6.89. The minimum absolute atomic E-state index is 0.0390. The Balaban J connectivity index is 1.88. The van der Waals surface area contributed by atoms with Crippen molar-refractivity contribution in [2.24, 2.45) is 5.73 Å². The van der Waals surface area contributed by atoms with Crippen molar-refractivity contribution in [2.45, 2.75) is 6.04 Å². The first-order chi connectivity index (χ1) is 9.75. The minimum atomic E-state index is -0.0390. The predicted octanol–water partition coefficient (Wildman–Crippen LogP) is 0.690. The molecule has 0 aliphatic carbocycles. The van der Waals surface area contributed by atoms with Gasteiger partial charge in [0.05, 0.1) is 11.0 Å². The average Bonchev–Trinajstić information content (AvgIpc) is 2.48. The maximum absolute atomic E-state index is 5.97. The SMILES string of the molecule is NC(=S)C(c1ccc2c(c1)OCCO2)N1CCNCC1. The first-order valence-corrected chi connectivity index (χ1v) is 7.30. The second-order valence-corrected chi connectivity index (χ2v) is 5.47. The highest BCUT2D eigenvalue weighted by atomic mass is 32.1. The second kappa shape index (κ2) is 5.95. The average molecular weight is 293 g/mol. The Morgan fingerprint density at radius 2 is 1.90 bits per heavy atom. The van der Waals surface area contributed by atoms with Gasteiger partial charge in [-0.2, -0.15) is 0 Å². The van der Waals surface area contributed by atoms with Gasteiger partial charge in [-0.1, -0.05) is 18.3 Å². The molecule has 1 atom stereocenters. The van der Waals surface area contributed by atoms with E-state index in [0.717, 1.165) is 43.2 Å². The lowest BCUT2D eigenvalue weighted by atomic mass is 10.0. The third kappa shape index (κ3) is 2.72. The largest absolute Gasteiger partial charge is 0.486 e. The summed E-state index contributed by atoms with van der Waals surface area (Å²) in [6.07, 6.45) is 0. The highest BCUT2D eigenvalue weighted by Gasteiger charge is 2.26. The van der Waals surface area contributed by atoms with E-state index in [1.807, 2.05) is 18.2 Å². The molecule has 6 heteroatoms. The van der Waals surface area contributed by atoms with E-state index in [9.17, 15) is 0 Å². The summed E-state index contributed by atoms with van der Waals surface area (Å²) in [6.45, 7) is 4.99. The van der Waals surface area contributed by atoms with Gasteiger partial charge in [-0.25, -0.2) is 0 Å². The highest BCUT2D eigenvalue weighted by molar-refractivity contribution is 7.80. The van der Waals surface area contributed by atoms with Gasteiger partial charge in [0.25, 0.3) is 0 Å². The number of nitrogens with two attached hydrogens (primary N) is 1. The Hall–Kier alpha value is -1.37. The van der Waals surface area contributed by atoms with Crippen molar-refractivity contribution in [2.75, 3.05) is 39.4 Å². The summed E-state index contributed by atoms with van der Waals surface area (Å²) in [5.74, 6) is 1.58. The summed E-state index contributed by atoms with van der Waals surface area (Å²) in [6, 6.07) is 5.93. The van der Waals surface area contributed by atoms with Crippen molar-refractivity contribution in [1.29, 1.82) is 0 Å². The maximum Gasteiger partial charge on any atom is 0.161 e. The molecule has 0 radical (unpaired) electrons. The maximum atomic E-state index is 5.97. The number of ether oxygens (including phenoxy) is 2. The molecule has 0 aromatic heterocycles. The van der Waals surface area contributed by atoms with Crippen molar-refractivity contribution < 1.29 is 9.47 Å². The van der Waals surface area contributed by atoms with Gasteiger partial charge in [0.1, 0.15) is 13.2 Å². The summed E-state index contributed by atoms with van der Waals surface area (Å²) in [7, 11) is 0. The molecule has 108 valence electrons. The Labute approximate surface area is 124 Å². The number of hydrogen-bond acceptors (Lipinski definition) is 5. The third-order valence-electron chi connectivity index (χ3n) is 3.67. The molecule has 3 rings (SSSR count). The minimum Gasteiger partial charge on any atom is -0.486 e. The smallest absolute Gasteiger partial charge is 0.161 e. The van der Waals surface area contributed by atoms with Crippen LogP contribution in [-0.2, 0) is 0 Å². The molecule has 20 heavy (non-hydrogen) atoms. The van der Waals surface area contributed by atoms with Gasteiger partial charge in [0.2, 0.25) is 0 Å². The topological polar surface area (TPSA) is 59.8 Å². The van der Waals surface area contributed by atoms with E-state index in [1.165, 1.54) is 0 Å². The summed E-state index contributed by atoms with van der Waals surface area (Å²) >= 11 is 5.28. The zero-order valence-electron chi connectivity index (χ0n) is 11.3. The molecule has 0 bridgehead atoms. The number of fused-ring (bicyclic) bond motifs is 1. The van der Waals surface area contributed by atoms with E-state index in [4.69, 9.17) is 27.4 Å². The molecule has 2 aliphatic rings. The Bertz CT molecular complexity index is 503. The van der Waals surface area contributed by atoms with Crippen molar-refractivity contribution in [3.8, 4) is 11.5 Å². The molecule has 3 N–H and O–H groups in total. The number of nitrogens with one attached hydrogen (secondary N) is 1. The summed E-state index contributed by atoms with van der Waals surface area (Å²) in [5, 5.41) is 3.34. The van der Waals surface area contributed by atoms with E-state index in [0.29, 0.717) is 18.2 Å². The fourth-order valence-electron chi connectivity index (χ4n) is 2.73. The van der Waals surface area contributed by atoms with E-state index in [-0.39, 0.29) is 6.04 Å². The second-order valence-electron chi connectivity index (χ2n) is 4.99. The number of hydrogen-bond donors (Lipinski definition) is 2. The lowest BCUT2D eigenvalue weighted by molar-refractivity contribution is 0.170. The molecule has 1 fully saturated rings. The van der Waals surface area contributed by atoms with E-state index >= 15 is 0 Å². The Morgan fingerprint density at radius 3 is 2.60 bits per heavy atom. The van der Waals surface area contributed by atoms with E-state index in [2.05, 4.69) is 10.2 Å². The van der Waals surface area contributed by atoms with Gasteiger partial charge in [0, 0.05) is 26.2 Å². The summed E-state index contributed by atoms with van der Waals surface area (Å²) in [4.78, 5) is 2.81. The van der Waals surface area contributed by atoms with Crippen molar-refractivity contribution in [3.05, 3.63) is 23.8 Å². The van der Waals surface area contributed by atoms with Crippen LogP contribution in [0.3, 0.4) is 0 Å². The van der Waals surface area contributed by atoms with Gasteiger partial charge < -0.3 is 20.5 Å². The van der Waals surface area contributed by atoms with Crippen LogP contribution >= 0.6 is 12.2 Å². The molecule has 5 nitrogen and oxygen atoms in total. The number of piperazine rings is 1. The molecule has 1 saturated heterocycles. The predicted molar refractivity (Wildman–Crippen MR) is 81.4 cm³/mol. The van der Waals surface area contributed by atoms with Gasteiger partial charge in [-0.05, 0) is 17.7 Å². The molecule has 2 heterocycles. The van der Waals surface area contributed by atoms with Crippen LogP contribution in [0.2, 0.25) is 0 Å². The molecule has 1 aromatic rings. The zero-order chi connectivity index (χ0) is 13.9. The van der Waals surface area contributed by atoms with E-state index in [1.54, 1.807) is 0 Å². The molecule has 0 amide bonds. The van der Waals surface area contributed by atoms with Gasteiger partial charge >= 0.3 is 0 Å². The van der Waals surface area contributed by atoms with Crippen LogP contribution in [-0.4, -0.2) is 49.3 Å². The van der Waals surface area contributed by atoms with Crippen LogP contribution in [0.5, 0.6) is 11.5 Å². The summed E-state index contributed by atoms with van der Waals surface area (Å²) < 4.78 is 11.2. The molecule has 1 aromatic carbocycles. The number of thiocarbonyl (C=S) groups is 1. The first kappa shape index (κ1) is 13.6. The monoisotopic (exact) mass is 293 g/mol. The Kier molecular flexibility index (Phi) is 4.05. The third-order valence-corrected chi connectivity index (χ3v) is 3.89. The van der Waals surface area contributed by atoms with Crippen LogP contribution in [0.15, 0.2) is 18.2 Å². The quantitative estimate of drug-likeness (QED) is 0.800. The van der Waals surface area contributed by atoms with Gasteiger partial charge in [-0.15, -0.1) is 0 Å². The molecule has 1 unspecified atom stereocenters. The van der Waals surface area contributed by atoms with Crippen LogP contribution in [0.1, 0.15) is 11.6 Å². The van der Waals surface area contributed by atoms with Crippen LogP contribution in [0.4, 0.5) is 0 Å². The summed E-state index contributed by atoms with van der Waals surface area (Å²) in [5.41, 5.74) is 7.05. The fraction of sp³-hybridized carbons (Fsp3) is 0.500. The van der Waals surface area contributed by atoms with Crippen molar-refractivity contribution >= 4 is 17.2 Å². The standard InChI is InChI=1S/C14H19N3O2S/c15-14(20)13(17-5-3-16-4-6-17)10-1-2-11-12(9-10)19-8-7-18-11/h1-2,9,13,16H,3-8H2,(H2,15,20). The van der Waals surface area contributed by atoms with Gasteiger partial charge in [0.15, 0.2) is 11.5 Å². The zero-order valence-corrected chi connectivity index (χ0v) is 12.1. The molecule has 0 spiro atoms. The lowest BCUT2D eigenvalue weighted by Crippen LogP contribution is -2.48.